The van der Waals surface area contributed by atoms with Crippen LogP contribution in [0.3, 0.4) is 0 Å². The van der Waals surface area contributed by atoms with E-state index in [2.05, 4.69) is 4.72 Å². The minimum absolute atomic E-state index is 0.0651. The van der Waals surface area contributed by atoms with Gasteiger partial charge in [-0.3, -0.25) is 4.79 Å². The molecular weight excluding hydrogens is 290 g/mol. The average Bonchev–Trinajstić information content (AvgIpc) is 2.43. The van der Waals surface area contributed by atoms with Crippen molar-refractivity contribution in [2.75, 3.05) is 6.54 Å². The molecule has 0 amide bonds. The predicted octanol–water partition coefficient (Wildman–Crippen LogP) is 1.09. The molecule has 0 saturated carbocycles. The van der Waals surface area contributed by atoms with Crippen molar-refractivity contribution in [3.8, 4) is 0 Å². The maximum Gasteiger partial charge on any atom is 0.240 e. The number of allylic oxidation sites excluding steroid dienone is 2. The van der Waals surface area contributed by atoms with Crippen molar-refractivity contribution in [1.29, 1.82) is 0 Å². The lowest BCUT2D eigenvalue weighted by Gasteiger charge is -2.22. The molecule has 0 fully saturated rings. The van der Waals surface area contributed by atoms with Crippen LogP contribution in [0.2, 0.25) is 0 Å². The number of carbonyl (C=O) groups is 1. The molecule has 0 unspecified atom stereocenters. The summed E-state index contributed by atoms with van der Waals surface area (Å²) in [5.74, 6) is -0.195. The Bertz CT molecular complexity index is 671. The van der Waals surface area contributed by atoms with Crippen molar-refractivity contribution in [1.82, 2.24) is 4.72 Å². The summed E-state index contributed by atoms with van der Waals surface area (Å²) < 4.78 is 26.6. The monoisotopic (exact) mass is 307 g/mol. The van der Waals surface area contributed by atoms with E-state index in [-0.39, 0.29) is 23.6 Å². The quantitative estimate of drug-likeness (QED) is 0.853. The molecule has 0 aliphatic heterocycles. The summed E-state index contributed by atoms with van der Waals surface area (Å²) in [4.78, 5) is 11.2. The highest BCUT2D eigenvalue weighted by Crippen LogP contribution is 2.18. The second-order valence-electron chi connectivity index (χ2n) is 5.02. The Morgan fingerprint density at radius 1 is 1.14 bits per heavy atom. The van der Waals surface area contributed by atoms with Gasteiger partial charge in [-0.05, 0) is 49.8 Å². The van der Waals surface area contributed by atoms with Crippen molar-refractivity contribution in [3.63, 3.8) is 0 Å². The van der Waals surface area contributed by atoms with E-state index in [9.17, 15) is 18.3 Å². The van der Waals surface area contributed by atoms with Crippen LogP contribution >= 0.6 is 0 Å². The molecule has 21 heavy (non-hydrogen) atoms. The molecular formula is C15H17NO4S. The molecule has 0 spiro atoms. The van der Waals surface area contributed by atoms with Crippen LogP contribution in [0.15, 0.2) is 53.5 Å². The molecule has 0 saturated heterocycles. The van der Waals surface area contributed by atoms with E-state index in [1.807, 2.05) is 6.92 Å². The molecule has 1 aliphatic rings. The zero-order valence-electron chi connectivity index (χ0n) is 11.6. The molecule has 6 heteroatoms. The van der Waals surface area contributed by atoms with Gasteiger partial charge in [-0.1, -0.05) is 17.7 Å². The smallest absolute Gasteiger partial charge is 0.240 e. The summed E-state index contributed by atoms with van der Waals surface area (Å²) in [6.45, 7) is 1.94. The van der Waals surface area contributed by atoms with E-state index < -0.39 is 15.6 Å². The standard InChI is InChI=1S/C15H17NO4S/c1-12-2-4-14(5-3-12)21(19,20)16-11-10-15(18)8-6-13(17)7-9-15/h2-9,16,18H,10-11H2,1H3. The fourth-order valence-electron chi connectivity index (χ4n) is 1.92. The van der Waals surface area contributed by atoms with Gasteiger partial charge in [0.1, 0.15) is 5.60 Å². The number of hydrogen-bond donors (Lipinski definition) is 2. The van der Waals surface area contributed by atoms with Gasteiger partial charge in [-0.15, -0.1) is 0 Å². The van der Waals surface area contributed by atoms with E-state index in [4.69, 9.17) is 0 Å². The molecule has 0 aromatic heterocycles. The van der Waals surface area contributed by atoms with Gasteiger partial charge in [0.25, 0.3) is 0 Å². The molecule has 5 nitrogen and oxygen atoms in total. The van der Waals surface area contributed by atoms with Gasteiger partial charge in [0, 0.05) is 6.54 Å². The molecule has 0 atom stereocenters. The minimum Gasteiger partial charge on any atom is -0.382 e. The largest absolute Gasteiger partial charge is 0.382 e. The van der Waals surface area contributed by atoms with E-state index in [0.717, 1.165) is 5.56 Å². The first kappa shape index (κ1) is 15.6. The third-order valence-electron chi connectivity index (χ3n) is 3.22. The lowest BCUT2D eigenvalue weighted by molar-refractivity contribution is -0.110. The third kappa shape index (κ3) is 4.10. The topological polar surface area (TPSA) is 83.5 Å². The Hall–Kier alpha value is -1.76. The summed E-state index contributed by atoms with van der Waals surface area (Å²) in [7, 11) is -3.59. The van der Waals surface area contributed by atoms with Gasteiger partial charge >= 0.3 is 0 Å². The first-order valence-electron chi connectivity index (χ1n) is 6.52. The van der Waals surface area contributed by atoms with Gasteiger partial charge < -0.3 is 5.11 Å². The highest BCUT2D eigenvalue weighted by atomic mass is 32.2. The lowest BCUT2D eigenvalue weighted by Crippen LogP contribution is -2.33. The van der Waals surface area contributed by atoms with Gasteiger partial charge in [-0.25, -0.2) is 13.1 Å². The van der Waals surface area contributed by atoms with Gasteiger partial charge in [0.2, 0.25) is 10.0 Å². The highest BCUT2D eigenvalue weighted by Gasteiger charge is 2.24. The Morgan fingerprint density at radius 2 is 1.71 bits per heavy atom. The first-order chi connectivity index (χ1) is 9.81. The molecule has 1 aromatic carbocycles. The Labute approximate surface area is 124 Å². The fourth-order valence-corrected chi connectivity index (χ4v) is 2.95. The zero-order chi connectivity index (χ0) is 15.5. The molecule has 0 heterocycles. The average molecular weight is 307 g/mol. The number of ketones is 1. The molecule has 112 valence electrons. The first-order valence-corrected chi connectivity index (χ1v) is 8.00. The van der Waals surface area contributed by atoms with Crippen molar-refractivity contribution in [3.05, 3.63) is 54.1 Å². The number of hydrogen-bond acceptors (Lipinski definition) is 4. The number of carbonyl (C=O) groups excluding carboxylic acids is 1. The minimum atomic E-state index is -3.59. The van der Waals surface area contributed by atoms with Gasteiger partial charge in [0.05, 0.1) is 4.90 Å². The van der Waals surface area contributed by atoms with Crippen LogP contribution in [0.1, 0.15) is 12.0 Å². The number of sulfonamides is 1. The Morgan fingerprint density at radius 3 is 2.29 bits per heavy atom. The molecule has 1 aromatic rings. The van der Waals surface area contributed by atoms with Crippen molar-refractivity contribution in [2.24, 2.45) is 0 Å². The summed E-state index contributed by atoms with van der Waals surface area (Å²) in [6, 6.07) is 6.51. The van der Waals surface area contributed by atoms with Crippen LogP contribution in [0, 0.1) is 6.92 Å². The van der Waals surface area contributed by atoms with E-state index in [1.54, 1.807) is 12.1 Å². The van der Waals surface area contributed by atoms with Crippen LogP contribution in [-0.2, 0) is 14.8 Å². The fraction of sp³-hybridized carbons (Fsp3) is 0.267. The van der Waals surface area contributed by atoms with Crippen LogP contribution < -0.4 is 4.72 Å². The number of rotatable bonds is 5. The maximum absolute atomic E-state index is 12.1. The highest BCUT2D eigenvalue weighted by molar-refractivity contribution is 7.89. The molecule has 2 N–H and O–H groups in total. The van der Waals surface area contributed by atoms with Crippen molar-refractivity contribution >= 4 is 15.8 Å². The summed E-state index contributed by atoms with van der Waals surface area (Å²) in [5, 5.41) is 10.1. The number of aryl methyl sites for hydroxylation is 1. The lowest BCUT2D eigenvalue weighted by atomic mass is 9.94. The van der Waals surface area contributed by atoms with Crippen LogP contribution in [0.4, 0.5) is 0 Å². The Balaban J connectivity index is 1.97. The molecule has 0 radical (unpaired) electrons. The van der Waals surface area contributed by atoms with Crippen molar-refractivity contribution < 1.29 is 18.3 Å². The number of benzene rings is 1. The van der Waals surface area contributed by atoms with Gasteiger partial charge in [-0.2, -0.15) is 0 Å². The molecule has 2 rings (SSSR count). The van der Waals surface area contributed by atoms with Crippen LogP contribution in [0.5, 0.6) is 0 Å². The van der Waals surface area contributed by atoms with E-state index in [0.29, 0.717) is 0 Å². The molecule has 1 aliphatic carbocycles. The summed E-state index contributed by atoms with van der Waals surface area (Å²) >= 11 is 0. The van der Waals surface area contributed by atoms with Gasteiger partial charge in [0.15, 0.2) is 5.78 Å². The van der Waals surface area contributed by atoms with E-state index >= 15 is 0 Å². The summed E-state index contributed by atoms with van der Waals surface area (Å²) in [6.07, 6.45) is 5.44. The third-order valence-corrected chi connectivity index (χ3v) is 4.70. The SMILES string of the molecule is Cc1ccc(S(=O)(=O)NCCC2(O)C=CC(=O)C=C2)cc1. The second-order valence-corrected chi connectivity index (χ2v) is 6.79. The number of aliphatic hydroxyl groups is 1. The normalized spacial score (nSPS) is 17.1. The summed E-state index contributed by atoms with van der Waals surface area (Å²) in [5.41, 5.74) is -0.311. The second kappa shape index (κ2) is 5.93. The van der Waals surface area contributed by atoms with Crippen molar-refractivity contribution in [2.45, 2.75) is 23.8 Å². The van der Waals surface area contributed by atoms with E-state index in [1.165, 1.54) is 36.4 Å². The predicted molar refractivity (Wildman–Crippen MR) is 79.2 cm³/mol. The Kier molecular flexibility index (Phi) is 4.41. The zero-order valence-corrected chi connectivity index (χ0v) is 12.4. The maximum atomic E-state index is 12.1. The molecule has 0 bridgehead atoms. The number of nitrogens with one attached hydrogen (secondary N) is 1. The van der Waals surface area contributed by atoms with Crippen LogP contribution in [-0.4, -0.2) is 31.5 Å². The van der Waals surface area contributed by atoms with Crippen LogP contribution in [0.25, 0.3) is 0 Å².